The molecular formula is C31H39BrF2N8O. The summed E-state index contributed by atoms with van der Waals surface area (Å²) in [5.74, 6) is -1.26. The molecule has 0 aliphatic carbocycles. The van der Waals surface area contributed by atoms with Crippen molar-refractivity contribution in [2.45, 2.75) is 79.8 Å². The molecule has 12 heteroatoms. The van der Waals surface area contributed by atoms with Crippen molar-refractivity contribution in [2.24, 2.45) is 11.3 Å². The third kappa shape index (κ3) is 5.77. The molecule has 1 unspecified atom stereocenters. The van der Waals surface area contributed by atoms with Gasteiger partial charge in [0.2, 0.25) is 5.91 Å². The zero-order chi connectivity index (χ0) is 31.2. The average molecular weight is 658 g/mol. The van der Waals surface area contributed by atoms with Gasteiger partial charge in [0.15, 0.2) is 11.5 Å². The second kappa shape index (κ2) is 11.9. The van der Waals surface area contributed by atoms with Gasteiger partial charge in [-0.05, 0) is 86.0 Å². The van der Waals surface area contributed by atoms with Crippen LogP contribution in [0.1, 0.15) is 69.8 Å². The van der Waals surface area contributed by atoms with E-state index in [4.69, 9.17) is 10.7 Å². The Morgan fingerprint density at radius 1 is 1.21 bits per heavy atom. The second-order valence-electron chi connectivity index (χ2n) is 12.4. The van der Waals surface area contributed by atoms with Crippen LogP contribution in [0.5, 0.6) is 0 Å². The maximum Gasteiger partial charge on any atom is 0.222 e. The molecule has 4 aromatic rings. The van der Waals surface area contributed by atoms with Crippen LogP contribution >= 0.6 is 15.9 Å². The molecule has 230 valence electrons. The predicted molar refractivity (Wildman–Crippen MR) is 166 cm³/mol. The van der Waals surface area contributed by atoms with Crippen LogP contribution in [0.3, 0.4) is 0 Å². The van der Waals surface area contributed by atoms with E-state index in [1.807, 2.05) is 22.7 Å². The van der Waals surface area contributed by atoms with Crippen molar-refractivity contribution < 1.29 is 13.6 Å². The van der Waals surface area contributed by atoms with Crippen molar-refractivity contribution in [1.29, 1.82) is 0 Å². The summed E-state index contributed by atoms with van der Waals surface area (Å²) in [5, 5.41) is 14.0. The average Bonchev–Trinajstić information content (AvgIpc) is 3.61. The van der Waals surface area contributed by atoms with Gasteiger partial charge in [-0.2, -0.15) is 5.10 Å². The summed E-state index contributed by atoms with van der Waals surface area (Å²) in [7, 11) is 0. The molecule has 0 bridgehead atoms. The highest BCUT2D eigenvalue weighted by atomic mass is 79.9. The van der Waals surface area contributed by atoms with Gasteiger partial charge in [0, 0.05) is 47.6 Å². The van der Waals surface area contributed by atoms with Crippen molar-refractivity contribution in [3.63, 3.8) is 0 Å². The number of hydrogen-bond acceptors (Lipinski definition) is 6. The molecule has 0 spiro atoms. The number of amides is 1. The Labute approximate surface area is 259 Å². The summed E-state index contributed by atoms with van der Waals surface area (Å²) in [5.41, 5.74) is 9.99. The van der Waals surface area contributed by atoms with Crippen molar-refractivity contribution in [2.75, 3.05) is 18.8 Å². The van der Waals surface area contributed by atoms with E-state index in [1.54, 1.807) is 10.9 Å². The number of anilines is 1. The maximum atomic E-state index is 14.4. The summed E-state index contributed by atoms with van der Waals surface area (Å²) in [6.07, 6.45) is 6.35. The molecule has 1 aliphatic heterocycles. The topological polar surface area (TPSA) is 108 Å². The number of aromatic nitrogens is 6. The highest BCUT2D eigenvalue weighted by Crippen LogP contribution is 2.40. The fourth-order valence-corrected chi connectivity index (χ4v) is 6.66. The number of piperidine rings is 1. The fraction of sp³-hybridized carbons (Fsp3) is 0.516. The van der Waals surface area contributed by atoms with E-state index < -0.39 is 11.6 Å². The number of fused-ring (bicyclic) bond motifs is 1. The van der Waals surface area contributed by atoms with Crippen LogP contribution in [-0.2, 0) is 17.8 Å². The second-order valence-corrected chi connectivity index (χ2v) is 13.2. The number of hydrogen-bond donors (Lipinski definition) is 1. The van der Waals surface area contributed by atoms with Gasteiger partial charge < -0.3 is 10.6 Å². The van der Waals surface area contributed by atoms with Gasteiger partial charge in [-0.1, -0.05) is 19.1 Å². The smallest absolute Gasteiger partial charge is 0.222 e. The summed E-state index contributed by atoms with van der Waals surface area (Å²) < 4.78 is 32.0. The number of nitrogen functional groups attached to an aromatic ring is 1. The van der Waals surface area contributed by atoms with E-state index in [0.29, 0.717) is 38.2 Å². The minimum atomic E-state index is -0.864. The first-order chi connectivity index (χ1) is 20.3. The largest absolute Gasteiger partial charge is 0.396 e. The number of benzene rings is 1. The van der Waals surface area contributed by atoms with E-state index in [9.17, 15) is 13.6 Å². The van der Waals surface area contributed by atoms with E-state index in [2.05, 4.69) is 66.0 Å². The van der Waals surface area contributed by atoms with E-state index in [-0.39, 0.29) is 39.0 Å². The van der Waals surface area contributed by atoms with E-state index in [1.165, 1.54) is 0 Å². The molecule has 1 amide bonds. The lowest BCUT2D eigenvalue weighted by Crippen LogP contribution is -2.50. The van der Waals surface area contributed by atoms with Crippen LogP contribution in [0.2, 0.25) is 0 Å². The first kappa shape index (κ1) is 31.0. The SMILES string of the molecule is Cc1nc2c(cnn2C(C)C)c(C)c1CCC(=O)N1CCCC(Cn2cc(-c3cc(F)c(Br)c(F)c3N)nn2)(C(C)C)C1. The number of rotatable bonds is 8. The predicted octanol–water partition coefficient (Wildman–Crippen LogP) is 6.41. The van der Waals surface area contributed by atoms with Crippen LogP contribution in [0.25, 0.3) is 22.3 Å². The van der Waals surface area contributed by atoms with Crippen molar-refractivity contribution in [3.05, 3.63) is 51.4 Å². The molecule has 5 rings (SSSR count). The zero-order valence-electron chi connectivity index (χ0n) is 25.6. The molecule has 9 nitrogen and oxygen atoms in total. The molecule has 1 saturated heterocycles. The molecule has 1 aromatic carbocycles. The lowest BCUT2D eigenvalue weighted by Gasteiger charge is -2.45. The first-order valence-electron chi connectivity index (χ1n) is 14.8. The molecule has 1 fully saturated rings. The van der Waals surface area contributed by atoms with Gasteiger partial charge in [-0.25, -0.2) is 18.4 Å². The summed E-state index contributed by atoms with van der Waals surface area (Å²) >= 11 is 2.88. The number of halogens is 3. The summed E-state index contributed by atoms with van der Waals surface area (Å²) in [4.78, 5) is 20.4. The van der Waals surface area contributed by atoms with Crippen LogP contribution in [0.4, 0.5) is 14.5 Å². The molecular weight excluding hydrogens is 618 g/mol. The van der Waals surface area contributed by atoms with Crippen LogP contribution in [0, 0.1) is 36.8 Å². The quantitative estimate of drug-likeness (QED) is 0.173. The molecule has 0 saturated carbocycles. The van der Waals surface area contributed by atoms with Crippen LogP contribution in [-0.4, -0.2) is 53.7 Å². The van der Waals surface area contributed by atoms with E-state index in [0.717, 1.165) is 46.8 Å². The lowest BCUT2D eigenvalue weighted by atomic mass is 9.71. The number of nitrogens with zero attached hydrogens (tertiary/aromatic N) is 7. The Bertz CT molecular complexity index is 1680. The minimum absolute atomic E-state index is 0.120. The van der Waals surface area contributed by atoms with Gasteiger partial charge in [-0.15, -0.1) is 5.10 Å². The molecule has 43 heavy (non-hydrogen) atoms. The highest BCUT2D eigenvalue weighted by Gasteiger charge is 2.40. The number of carbonyl (C=O) groups is 1. The fourth-order valence-electron chi connectivity index (χ4n) is 6.33. The zero-order valence-corrected chi connectivity index (χ0v) is 27.2. The molecule has 3 aromatic heterocycles. The molecule has 2 N–H and O–H groups in total. The Kier molecular flexibility index (Phi) is 8.61. The Balaban J connectivity index is 1.32. The minimum Gasteiger partial charge on any atom is -0.396 e. The molecule has 1 atom stereocenters. The lowest BCUT2D eigenvalue weighted by molar-refractivity contribution is -0.136. The molecule has 1 aliphatic rings. The van der Waals surface area contributed by atoms with Gasteiger partial charge in [0.05, 0.1) is 29.1 Å². The van der Waals surface area contributed by atoms with E-state index >= 15 is 0 Å². The molecule has 4 heterocycles. The Morgan fingerprint density at radius 3 is 2.65 bits per heavy atom. The highest BCUT2D eigenvalue weighted by molar-refractivity contribution is 9.10. The number of likely N-dealkylation sites (tertiary alicyclic amines) is 1. The first-order valence-corrected chi connectivity index (χ1v) is 15.6. The normalized spacial score (nSPS) is 17.5. The van der Waals surface area contributed by atoms with Crippen molar-refractivity contribution in [3.8, 4) is 11.3 Å². The van der Waals surface area contributed by atoms with Crippen molar-refractivity contribution >= 4 is 38.6 Å². The monoisotopic (exact) mass is 656 g/mol. The number of carbonyl (C=O) groups excluding carboxylic acids is 1. The number of nitrogens with two attached hydrogens (primary N) is 1. The molecule has 0 radical (unpaired) electrons. The Hall–Kier alpha value is -3.41. The Morgan fingerprint density at radius 2 is 1.95 bits per heavy atom. The third-order valence-corrected chi connectivity index (χ3v) is 9.82. The number of aryl methyl sites for hydroxylation is 2. The van der Waals surface area contributed by atoms with Gasteiger partial charge >= 0.3 is 0 Å². The maximum absolute atomic E-state index is 14.4. The summed E-state index contributed by atoms with van der Waals surface area (Å²) in [6, 6.07) is 1.37. The van der Waals surface area contributed by atoms with Crippen LogP contribution in [0.15, 0.2) is 22.9 Å². The summed E-state index contributed by atoms with van der Waals surface area (Å²) in [6.45, 7) is 14.4. The van der Waals surface area contributed by atoms with Crippen molar-refractivity contribution in [1.82, 2.24) is 34.7 Å². The number of pyridine rings is 1. The van der Waals surface area contributed by atoms with Gasteiger partial charge in [-0.3, -0.25) is 9.48 Å². The van der Waals surface area contributed by atoms with Gasteiger partial charge in [0.25, 0.3) is 0 Å². The van der Waals surface area contributed by atoms with Gasteiger partial charge in [0.1, 0.15) is 11.5 Å². The van der Waals surface area contributed by atoms with Crippen LogP contribution < -0.4 is 5.73 Å². The third-order valence-electron chi connectivity index (χ3n) is 9.09. The standard InChI is InChI=1S/C31H39BrF2N8O/c1-17(2)31(16-41-14-25(38-39-41)22-12-24(33)27(32)28(34)29(22)35)10-7-11-40(15-31)26(43)9-8-21-19(5)23-13-36-42(18(3)4)30(23)37-20(21)6/h12-14,17-18H,7-11,15-16,35H2,1-6H3.